The van der Waals surface area contributed by atoms with E-state index in [2.05, 4.69) is 10.2 Å². The summed E-state index contributed by atoms with van der Waals surface area (Å²) >= 11 is 0. The van der Waals surface area contributed by atoms with Crippen LogP contribution >= 0.6 is 0 Å². The van der Waals surface area contributed by atoms with Crippen LogP contribution in [0, 0.1) is 12.8 Å². The molecule has 1 aromatic heterocycles. The molecule has 0 aliphatic carbocycles. The number of fused-ring (bicyclic) bond motifs is 2. The lowest BCUT2D eigenvalue weighted by molar-refractivity contribution is -0.121. The van der Waals surface area contributed by atoms with Crippen LogP contribution in [-0.4, -0.2) is 43.6 Å². The first-order valence-corrected chi connectivity index (χ1v) is 11.2. The second kappa shape index (κ2) is 9.21. The van der Waals surface area contributed by atoms with Gasteiger partial charge in [-0.1, -0.05) is 6.42 Å². The fourth-order valence-electron chi connectivity index (χ4n) is 5.18. The molecule has 0 spiro atoms. The van der Waals surface area contributed by atoms with Crippen molar-refractivity contribution >= 4 is 16.9 Å². The summed E-state index contributed by atoms with van der Waals surface area (Å²) in [6.07, 6.45) is 6.96. The summed E-state index contributed by atoms with van der Waals surface area (Å²) in [6, 6.07) is 6.10. The van der Waals surface area contributed by atoms with Gasteiger partial charge in [0.1, 0.15) is 11.3 Å². The highest BCUT2D eigenvalue weighted by Crippen LogP contribution is 2.30. The van der Waals surface area contributed by atoms with Gasteiger partial charge in [-0.2, -0.15) is 0 Å². The van der Waals surface area contributed by atoms with E-state index in [-0.39, 0.29) is 11.5 Å². The number of carbonyl (C=O) groups is 1. The number of aryl methyl sites for hydroxylation is 1. The van der Waals surface area contributed by atoms with Crippen LogP contribution in [0.5, 0.6) is 5.75 Å². The van der Waals surface area contributed by atoms with Gasteiger partial charge in [0.25, 0.3) is 0 Å². The lowest BCUT2D eigenvalue weighted by atomic mass is 9.83. The van der Waals surface area contributed by atoms with Gasteiger partial charge in [-0.3, -0.25) is 4.79 Å². The lowest BCUT2D eigenvalue weighted by Crippen LogP contribution is -2.51. The van der Waals surface area contributed by atoms with Gasteiger partial charge in [0, 0.05) is 36.0 Å². The van der Waals surface area contributed by atoms with E-state index in [9.17, 15) is 9.59 Å². The number of piperidine rings is 2. The van der Waals surface area contributed by atoms with Gasteiger partial charge in [0.15, 0.2) is 0 Å². The van der Waals surface area contributed by atoms with Gasteiger partial charge in [-0.15, -0.1) is 0 Å². The van der Waals surface area contributed by atoms with Crippen molar-refractivity contribution in [3.63, 3.8) is 0 Å². The SMILES string of the molecule is COc1ccc2c(C)c(CCC(=O)NCC3CCCN4CCCCC34)c(=O)oc2c1. The molecule has 2 unspecified atom stereocenters. The largest absolute Gasteiger partial charge is 0.497 e. The molecular formula is C24H32N2O4. The van der Waals surface area contributed by atoms with Gasteiger partial charge >= 0.3 is 5.63 Å². The predicted octanol–water partition coefficient (Wildman–Crippen LogP) is 3.42. The molecule has 2 aliphatic heterocycles. The molecule has 0 radical (unpaired) electrons. The molecule has 1 aromatic carbocycles. The number of benzene rings is 1. The van der Waals surface area contributed by atoms with E-state index in [0.29, 0.717) is 41.7 Å². The maximum Gasteiger partial charge on any atom is 0.339 e. The number of rotatable bonds is 6. The van der Waals surface area contributed by atoms with Crippen LogP contribution < -0.4 is 15.7 Å². The Labute approximate surface area is 177 Å². The van der Waals surface area contributed by atoms with Crippen molar-refractivity contribution < 1.29 is 13.9 Å². The Kier molecular flexibility index (Phi) is 6.42. The summed E-state index contributed by atoms with van der Waals surface area (Å²) in [7, 11) is 1.58. The van der Waals surface area contributed by atoms with E-state index in [1.807, 2.05) is 19.1 Å². The third-order valence-electron chi connectivity index (χ3n) is 6.89. The highest BCUT2D eigenvalue weighted by atomic mass is 16.5. The predicted molar refractivity (Wildman–Crippen MR) is 117 cm³/mol. The Morgan fingerprint density at radius 3 is 2.90 bits per heavy atom. The Morgan fingerprint density at radius 1 is 1.23 bits per heavy atom. The first-order valence-electron chi connectivity index (χ1n) is 11.2. The second-order valence-electron chi connectivity index (χ2n) is 8.66. The van der Waals surface area contributed by atoms with Crippen LogP contribution in [0.2, 0.25) is 0 Å². The average Bonchev–Trinajstić information content (AvgIpc) is 2.77. The zero-order valence-electron chi connectivity index (χ0n) is 18.0. The van der Waals surface area contributed by atoms with Crippen LogP contribution in [0.4, 0.5) is 0 Å². The molecule has 2 atom stereocenters. The minimum atomic E-state index is -0.369. The maximum atomic E-state index is 12.5. The molecule has 6 heteroatoms. The first kappa shape index (κ1) is 20.9. The molecule has 1 N–H and O–H groups in total. The topological polar surface area (TPSA) is 71.8 Å². The zero-order valence-corrected chi connectivity index (χ0v) is 18.0. The molecule has 30 heavy (non-hydrogen) atoms. The van der Waals surface area contributed by atoms with Crippen molar-refractivity contribution in [2.24, 2.45) is 5.92 Å². The average molecular weight is 413 g/mol. The number of methoxy groups -OCH3 is 1. The van der Waals surface area contributed by atoms with Gasteiger partial charge in [0.2, 0.25) is 5.91 Å². The van der Waals surface area contributed by atoms with Gasteiger partial charge in [0.05, 0.1) is 7.11 Å². The Morgan fingerprint density at radius 2 is 2.07 bits per heavy atom. The molecule has 3 heterocycles. The van der Waals surface area contributed by atoms with Crippen molar-refractivity contribution in [2.75, 3.05) is 26.7 Å². The maximum absolute atomic E-state index is 12.5. The number of carbonyl (C=O) groups excluding carboxylic acids is 1. The third kappa shape index (κ3) is 4.38. The number of ether oxygens (including phenoxy) is 1. The van der Waals surface area contributed by atoms with Gasteiger partial charge in [-0.25, -0.2) is 4.79 Å². The fourth-order valence-corrected chi connectivity index (χ4v) is 5.18. The Balaban J connectivity index is 1.36. The number of nitrogens with zero attached hydrogens (tertiary/aromatic N) is 1. The molecule has 6 nitrogen and oxygen atoms in total. The molecule has 1 amide bonds. The monoisotopic (exact) mass is 412 g/mol. The van der Waals surface area contributed by atoms with Crippen LogP contribution in [0.15, 0.2) is 27.4 Å². The lowest BCUT2D eigenvalue weighted by Gasteiger charge is -2.44. The molecule has 162 valence electrons. The van der Waals surface area contributed by atoms with Crippen molar-refractivity contribution in [3.05, 3.63) is 39.7 Å². The molecule has 0 saturated carbocycles. The van der Waals surface area contributed by atoms with Gasteiger partial charge in [-0.05, 0) is 75.7 Å². The van der Waals surface area contributed by atoms with Gasteiger partial charge < -0.3 is 19.4 Å². The number of hydrogen-bond acceptors (Lipinski definition) is 5. The fraction of sp³-hybridized carbons (Fsp3) is 0.583. The molecule has 2 saturated heterocycles. The second-order valence-corrected chi connectivity index (χ2v) is 8.66. The zero-order chi connectivity index (χ0) is 21.1. The molecule has 2 fully saturated rings. The molecular weight excluding hydrogens is 380 g/mol. The Bertz CT molecular complexity index is 966. The Hall–Kier alpha value is -2.34. The van der Waals surface area contributed by atoms with E-state index in [1.54, 1.807) is 13.2 Å². The van der Waals surface area contributed by atoms with Crippen LogP contribution in [0.3, 0.4) is 0 Å². The highest BCUT2D eigenvalue weighted by molar-refractivity contribution is 5.82. The smallest absolute Gasteiger partial charge is 0.339 e. The summed E-state index contributed by atoms with van der Waals surface area (Å²) in [5.41, 5.74) is 1.60. The van der Waals surface area contributed by atoms with Crippen LogP contribution in [-0.2, 0) is 11.2 Å². The summed E-state index contributed by atoms with van der Waals surface area (Å²) in [5, 5.41) is 4.01. The normalized spacial score (nSPS) is 21.9. The van der Waals surface area contributed by atoms with Crippen molar-refractivity contribution in [2.45, 2.75) is 57.9 Å². The third-order valence-corrected chi connectivity index (χ3v) is 6.89. The van der Waals surface area contributed by atoms with E-state index in [1.165, 1.54) is 45.2 Å². The number of nitrogens with one attached hydrogen (secondary N) is 1. The molecule has 2 aromatic rings. The standard InChI is InChI=1S/C24H32N2O4/c1-16-19-9-8-18(29-2)14-22(19)30-24(28)20(16)10-11-23(27)25-15-17-6-5-13-26-12-4-3-7-21(17)26/h8-9,14,17,21H,3-7,10-13,15H2,1-2H3,(H,25,27). The van der Waals surface area contributed by atoms with E-state index >= 15 is 0 Å². The highest BCUT2D eigenvalue weighted by Gasteiger charge is 2.32. The van der Waals surface area contributed by atoms with Crippen LogP contribution in [0.25, 0.3) is 11.0 Å². The van der Waals surface area contributed by atoms with Crippen molar-refractivity contribution in [1.29, 1.82) is 0 Å². The quantitative estimate of drug-likeness (QED) is 0.736. The summed E-state index contributed by atoms with van der Waals surface area (Å²) < 4.78 is 10.7. The minimum absolute atomic E-state index is 0.0107. The number of amides is 1. The van der Waals surface area contributed by atoms with Crippen molar-refractivity contribution in [1.82, 2.24) is 10.2 Å². The van der Waals surface area contributed by atoms with Crippen LogP contribution in [0.1, 0.15) is 49.7 Å². The van der Waals surface area contributed by atoms with Crippen molar-refractivity contribution in [3.8, 4) is 5.75 Å². The first-order chi connectivity index (χ1) is 14.6. The molecule has 4 rings (SSSR count). The molecule has 0 bridgehead atoms. The number of hydrogen-bond donors (Lipinski definition) is 1. The summed E-state index contributed by atoms with van der Waals surface area (Å²) in [6.45, 7) is 5.07. The summed E-state index contributed by atoms with van der Waals surface area (Å²) in [5.74, 6) is 1.21. The summed E-state index contributed by atoms with van der Waals surface area (Å²) in [4.78, 5) is 27.6. The van der Waals surface area contributed by atoms with E-state index in [4.69, 9.17) is 9.15 Å². The van der Waals surface area contributed by atoms with E-state index in [0.717, 1.165) is 17.5 Å². The minimum Gasteiger partial charge on any atom is -0.497 e. The van der Waals surface area contributed by atoms with E-state index < -0.39 is 0 Å². The molecule has 2 aliphatic rings.